The van der Waals surface area contributed by atoms with Crippen LogP contribution in [0.25, 0.3) is 11.0 Å². The maximum atomic E-state index is 13.0. The van der Waals surface area contributed by atoms with E-state index < -0.39 is 0 Å². The number of aryl methyl sites for hydroxylation is 1. The fourth-order valence-corrected chi connectivity index (χ4v) is 4.56. The summed E-state index contributed by atoms with van der Waals surface area (Å²) >= 11 is 0. The van der Waals surface area contributed by atoms with Crippen LogP contribution in [0.1, 0.15) is 44.3 Å². The second kappa shape index (κ2) is 5.99. The van der Waals surface area contributed by atoms with E-state index in [0.717, 1.165) is 35.7 Å². The van der Waals surface area contributed by atoms with Gasteiger partial charge in [0.2, 0.25) is 5.91 Å². The fraction of sp³-hybridized carbons (Fsp3) is 0.579. The molecule has 0 spiro atoms. The molecule has 2 fully saturated rings. The molecule has 0 N–H and O–H groups in total. The molecule has 1 aromatic carbocycles. The van der Waals surface area contributed by atoms with Gasteiger partial charge < -0.3 is 9.47 Å². The Morgan fingerprint density at radius 1 is 1.17 bits per heavy atom. The fourth-order valence-electron chi connectivity index (χ4n) is 4.56. The zero-order valence-electron chi connectivity index (χ0n) is 13.9. The lowest BCUT2D eigenvalue weighted by Crippen LogP contribution is -2.50. The molecule has 0 radical (unpaired) electrons. The number of carbonyl (C=O) groups is 1. The largest absolute Gasteiger partial charge is 0.338 e. The number of hydrogen-bond acceptors (Lipinski definition) is 2. The van der Waals surface area contributed by atoms with Crippen molar-refractivity contribution < 1.29 is 4.79 Å². The van der Waals surface area contributed by atoms with Crippen LogP contribution in [-0.4, -0.2) is 32.9 Å². The van der Waals surface area contributed by atoms with Gasteiger partial charge in [-0.3, -0.25) is 4.79 Å². The normalized spacial score (nSPS) is 24.7. The van der Waals surface area contributed by atoms with E-state index in [0.29, 0.717) is 12.6 Å². The average molecular weight is 311 g/mol. The van der Waals surface area contributed by atoms with Crippen LogP contribution >= 0.6 is 0 Å². The van der Waals surface area contributed by atoms with Crippen LogP contribution in [0, 0.1) is 12.8 Å². The first-order chi connectivity index (χ1) is 11.2. The summed E-state index contributed by atoms with van der Waals surface area (Å²) < 4.78 is 2.07. The summed E-state index contributed by atoms with van der Waals surface area (Å²) in [6.07, 6.45) is 7.59. The van der Waals surface area contributed by atoms with Crippen LogP contribution in [0.2, 0.25) is 0 Å². The van der Waals surface area contributed by atoms with Gasteiger partial charge in [0.05, 0.1) is 11.0 Å². The minimum Gasteiger partial charge on any atom is -0.338 e. The van der Waals surface area contributed by atoms with Crippen molar-refractivity contribution in [3.8, 4) is 0 Å². The quantitative estimate of drug-likeness (QED) is 0.851. The Bertz CT molecular complexity index is 718. The number of likely N-dealkylation sites (tertiary alicyclic amines) is 1. The van der Waals surface area contributed by atoms with Gasteiger partial charge in [-0.1, -0.05) is 25.0 Å². The van der Waals surface area contributed by atoms with E-state index in [2.05, 4.69) is 20.5 Å². The molecule has 2 aromatic rings. The van der Waals surface area contributed by atoms with Gasteiger partial charge in [-0.25, -0.2) is 4.98 Å². The van der Waals surface area contributed by atoms with Gasteiger partial charge in [-0.05, 0) is 50.7 Å². The zero-order valence-corrected chi connectivity index (χ0v) is 13.9. The first kappa shape index (κ1) is 14.7. The van der Waals surface area contributed by atoms with Crippen LogP contribution in [0.5, 0.6) is 0 Å². The van der Waals surface area contributed by atoms with Gasteiger partial charge in [0.15, 0.2) is 0 Å². The van der Waals surface area contributed by atoms with Gasteiger partial charge in [-0.15, -0.1) is 0 Å². The third kappa shape index (κ3) is 2.64. The SMILES string of the molecule is Cc1nc2ccccc2n1CC(=O)N1CCC[C@H]2CCCC[C@@H]21. The molecule has 2 aliphatic rings. The summed E-state index contributed by atoms with van der Waals surface area (Å²) in [6.45, 7) is 3.36. The lowest BCUT2D eigenvalue weighted by molar-refractivity contribution is -0.138. The molecule has 0 bridgehead atoms. The Kier molecular flexibility index (Phi) is 3.83. The number of amides is 1. The number of benzene rings is 1. The Morgan fingerprint density at radius 3 is 2.87 bits per heavy atom. The number of carbonyl (C=O) groups excluding carboxylic acids is 1. The third-order valence-corrected chi connectivity index (χ3v) is 5.70. The molecule has 1 amide bonds. The Hall–Kier alpha value is -1.84. The number of fused-ring (bicyclic) bond motifs is 2. The maximum absolute atomic E-state index is 13.0. The first-order valence-corrected chi connectivity index (χ1v) is 8.95. The van der Waals surface area contributed by atoms with Crippen molar-refractivity contribution >= 4 is 16.9 Å². The zero-order chi connectivity index (χ0) is 15.8. The second-order valence-corrected chi connectivity index (χ2v) is 7.08. The minimum absolute atomic E-state index is 0.271. The van der Waals surface area contributed by atoms with Crippen molar-refractivity contribution in [3.05, 3.63) is 30.1 Å². The molecule has 1 aromatic heterocycles. The number of aromatic nitrogens is 2. The van der Waals surface area contributed by atoms with Gasteiger partial charge >= 0.3 is 0 Å². The van der Waals surface area contributed by atoms with Crippen molar-refractivity contribution in [1.82, 2.24) is 14.5 Å². The highest BCUT2D eigenvalue weighted by atomic mass is 16.2. The van der Waals surface area contributed by atoms with Crippen molar-refractivity contribution in [2.45, 2.75) is 58.0 Å². The minimum atomic E-state index is 0.271. The Labute approximate surface area is 137 Å². The topological polar surface area (TPSA) is 38.1 Å². The number of piperidine rings is 1. The second-order valence-electron chi connectivity index (χ2n) is 7.08. The molecule has 1 saturated heterocycles. The molecule has 2 heterocycles. The Balaban J connectivity index is 1.58. The van der Waals surface area contributed by atoms with E-state index in [1.165, 1.54) is 32.1 Å². The number of hydrogen-bond donors (Lipinski definition) is 0. The molecule has 1 aliphatic carbocycles. The molecule has 23 heavy (non-hydrogen) atoms. The Morgan fingerprint density at radius 2 is 1.96 bits per heavy atom. The molecule has 4 rings (SSSR count). The molecule has 1 saturated carbocycles. The van der Waals surface area contributed by atoms with Crippen molar-refractivity contribution in [3.63, 3.8) is 0 Å². The van der Waals surface area contributed by atoms with E-state index in [1.807, 2.05) is 25.1 Å². The van der Waals surface area contributed by atoms with Crippen LogP contribution in [0.4, 0.5) is 0 Å². The van der Waals surface area contributed by atoms with E-state index in [4.69, 9.17) is 0 Å². The molecule has 4 heteroatoms. The van der Waals surface area contributed by atoms with Crippen LogP contribution in [-0.2, 0) is 11.3 Å². The summed E-state index contributed by atoms with van der Waals surface area (Å²) in [5.41, 5.74) is 2.04. The van der Waals surface area contributed by atoms with Crippen LogP contribution in [0.15, 0.2) is 24.3 Å². The van der Waals surface area contributed by atoms with Gasteiger partial charge in [-0.2, -0.15) is 0 Å². The molecule has 0 unspecified atom stereocenters. The summed E-state index contributed by atoms with van der Waals surface area (Å²) in [6, 6.07) is 8.57. The highest BCUT2D eigenvalue weighted by molar-refractivity contribution is 5.81. The lowest BCUT2D eigenvalue weighted by Gasteiger charge is -2.44. The first-order valence-electron chi connectivity index (χ1n) is 8.95. The van der Waals surface area contributed by atoms with Crippen molar-refractivity contribution in [2.75, 3.05) is 6.54 Å². The molecular weight excluding hydrogens is 286 g/mol. The smallest absolute Gasteiger partial charge is 0.242 e. The number of rotatable bonds is 2. The van der Waals surface area contributed by atoms with Gasteiger partial charge in [0, 0.05) is 12.6 Å². The predicted octanol–water partition coefficient (Wildman–Crippen LogP) is 3.53. The highest BCUT2D eigenvalue weighted by Crippen LogP contribution is 2.35. The van der Waals surface area contributed by atoms with Crippen LogP contribution in [0.3, 0.4) is 0 Å². The molecule has 122 valence electrons. The lowest BCUT2D eigenvalue weighted by atomic mass is 9.78. The monoisotopic (exact) mass is 311 g/mol. The van der Waals surface area contributed by atoms with Gasteiger partial charge in [0.1, 0.15) is 12.4 Å². The van der Waals surface area contributed by atoms with E-state index in [1.54, 1.807) is 0 Å². The summed E-state index contributed by atoms with van der Waals surface area (Å²) in [5.74, 6) is 1.94. The van der Waals surface area contributed by atoms with Gasteiger partial charge in [0.25, 0.3) is 0 Å². The summed E-state index contributed by atoms with van der Waals surface area (Å²) in [4.78, 5) is 19.8. The molecule has 4 nitrogen and oxygen atoms in total. The van der Waals surface area contributed by atoms with E-state index in [9.17, 15) is 4.79 Å². The third-order valence-electron chi connectivity index (χ3n) is 5.70. The van der Waals surface area contributed by atoms with Crippen molar-refractivity contribution in [2.24, 2.45) is 5.92 Å². The highest BCUT2D eigenvalue weighted by Gasteiger charge is 2.35. The average Bonchev–Trinajstić information content (AvgIpc) is 2.90. The summed E-state index contributed by atoms with van der Waals surface area (Å²) in [7, 11) is 0. The van der Waals surface area contributed by atoms with Crippen molar-refractivity contribution in [1.29, 1.82) is 0 Å². The molecule has 2 atom stereocenters. The standard InChI is InChI=1S/C19H25N3O/c1-14-20-16-9-3-5-11-18(16)22(14)13-19(23)21-12-6-8-15-7-2-4-10-17(15)21/h3,5,9,11,15,17H,2,4,6-8,10,12-13H2,1H3/t15-,17+/m1/s1. The number of imidazole rings is 1. The molecule has 1 aliphatic heterocycles. The number of nitrogens with zero attached hydrogens (tertiary/aromatic N) is 3. The van der Waals surface area contributed by atoms with Crippen LogP contribution < -0.4 is 0 Å². The molecular formula is C19H25N3O. The van der Waals surface area contributed by atoms with E-state index >= 15 is 0 Å². The predicted molar refractivity (Wildman–Crippen MR) is 91.2 cm³/mol. The number of para-hydroxylation sites is 2. The summed E-state index contributed by atoms with van der Waals surface area (Å²) in [5, 5.41) is 0. The van der Waals surface area contributed by atoms with E-state index in [-0.39, 0.29) is 5.91 Å². The maximum Gasteiger partial charge on any atom is 0.242 e.